The molecule has 28 heavy (non-hydrogen) atoms. The minimum atomic E-state index is -3.44. The van der Waals surface area contributed by atoms with Crippen molar-refractivity contribution >= 4 is 15.7 Å². The van der Waals surface area contributed by atoms with Crippen LogP contribution in [0.2, 0.25) is 0 Å². The Bertz CT molecular complexity index is 904. The lowest BCUT2D eigenvalue weighted by atomic mass is 9.99. The van der Waals surface area contributed by atoms with Gasteiger partial charge in [-0.3, -0.25) is 4.79 Å². The maximum absolute atomic E-state index is 12.8. The van der Waals surface area contributed by atoms with E-state index in [1.165, 1.54) is 0 Å². The number of aromatic nitrogens is 1. The summed E-state index contributed by atoms with van der Waals surface area (Å²) in [5.41, 5.74) is 0. The predicted molar refractivity (Wildman–Crippen MR) is 105 cm³/mol. The van der Waals surface area contributed by atoms with Gasteiger partial charge in [0.2, 0.25) is 11.8 Å². The predicted octanol–water partition coefficient (Wildman–Crippen LogP) is 2.85. The van der Waals surface area contributed by atoms with Crippen molar-refractivity contribution in [2.24, 2.45) is 0 Å². The van der Waals surface area contributed by atoms with Gasteiger partial charge < -0.3 is 9.64 Å². The van der Waals surface area contributed by atoms with Crippen LogP contribution in [0.4, 0.5) is 0 Å². The minimum absolute atomic E-state index is 0.0238. The Morgan fingerprint density at radius 1 is 1.04 bits per heavy atom. The molecular formula is C21H24N2O4S. The zero-order valence-electron chi connectivity index (χ0n) is 15.6. The van der Waals surface area contributed by atoms with E-state index in [4.69, 9.17) is 4.74 Å². The number of piperidine rings is 1. The normalized spacial score (nSPS) is 24.1. The SMILES string of the molecule is O=C(CCS(=O)(=O)c1ccccc1)N1C2CCC1CC(Oc1ccccn1)C2. The monoisotopic (exact) mass is 400 g/mol. The number of amides is 1. The van der Waals surface area contributed by atoms with Gasteiger partial charge in [-0.15, -0.1) is 0 Å². The summed E-state index contributed by atoms with van der Waals surface area (Å²) in [6, 6.07) is 14.1. The summed E-state index contributed by atoms with van der Waals surface area (Å²) in [7, 11) is -3.44. The summed E-state index contributed by atoms with van der Waals surface area (Å²) >= 11 is 0. The first-order valence-electron chi connectivity index (χ1n) is 9.69. The van der Waals surface area contributed by atoms with Crippen molar-refractivity contribution < 1.29 is 17.9 Å². The molecule has 0 spiro atoms. The van der Waals surface area contributed by atoms with E-state index in [0.717, 1.165) is 25.7 Å². The fourth-order valence-corrected chi connectivity index (χ4v) is 5.57. The number of hydrogen-bond acceptors (Lipinski definition) is 5. The minimum Gasteiger partial charge on any atom is -0.474 e. The molecule has 2 bridgehead atoms. The second kappa shape index (κ2) is 7.91. The van der Waals surface area contributed by atoms with Crippen LogP contribution >= 0.6 is 0 Å². The molecule has 2 atom stereocenters. The molecule has 2 saturated heterocycles. The summed E-state index contributed by atoms with van der Waals surface area (Å²) in [5.74, 6) is 0.392. The lowest BCUT2D eigenvalue weighted by Gasteiger charge is -2.38. The summed E-state index contributed by atoms with van der Waals surface area (Å²) in [4.78, 5) is 19.2. The first-order valence-corrected chi connectivity index (χ1v) is 11.3. The van der Waals surface area contributed by atoms with Gasteiger partial charge in [0.05, 0.1) is 10.6 Å². The summed E-state index contributed by atoms with van der Waals surface area (Å²) in [6.07, 6.45) is 5.21. The number of fused-ring (bicyclic) bond motifs is 2. The third-order valence-electron chi connectivity index (χ3n) is 5.59. The smallest absolute Gasteiger partial charge is 0.224 e. The number of benzene rings is 1. The Labute approximate surface area is 165 Å². The molecule has 6 nitrogen and oxygen atoms in total. The highest BCUT2D eigenvalue weighted by Gasteiger charge is 2.44. The first-order chi connectivity index (χ1) is 13.5. The maximum atomic E-state index is 12.8. The van der Waals surface area contributed by atoms with Gasteiger partial charge in [-0.25, -0.2) is 13.4 Å². The molecule has 1 aromatic carbocycles. The van der Waals surface area contributed by atoms with E-state index in [0.29, 0.717) is 5.88 Å². The molecule has 148 valence electrons. The zero-order chi connectivity index (χ0) is 19.6. The quantitative estimate of drug-likeness (QED) is 0.745. The second-order valence-corrected chi connectivity index (χ2v) is 9.56. The molecule has 0 aliphatic carbocycles. The van der Waals surface area contributed by atoms with Gasteiger partial charge in [0, 0.05) is 43.6 Å². The Morgan fingerprint density at radius 2 is 1.71 bits per heavy atom. The van der Waals surface area contributed by atoms with Gasteiger partial charge in [-0.1, -0.05) is 24.3 Å². The van der Waals surface area contributed by atoms with Gasteiger partial charge in [0.1, 0.15) is 6.10 Å². The molecule has 1 aromatic heterocycles. The Morgan fingerprint density at radius 3 is 2.36 bits per heavy atom. The van der Waals surface area contributed by atoms with Crippen LogP contribution < -0.4 is 4.74 Å². The lowest BCUT2D eigenvalue weighted by Crippen LogP contribution is -2.49. The van der Waals surface area contributed by atoms with Crippen LogP contribution in [0.3, 0.4) is 0 Å². The number of hydrogen-bond donors (Lipinski definition) is 0. The molecule has 2 unspecified atom stereocenters. The highest BCUT2D eigenvalue weighted by molar-refractivity contribution is 7.91. The maximum Gasteiger partial charge on any atom is 0.224 e. The van der Waals surface area contributed by atoms with Crippen LogP contribution in [0.25, 0.3) is 0 Å². The molecule has 1 amide bonds. The van der Waals surface area contributed by atoms with Crippen molar-refractivity contribution in [2.45, 2.75) is 55.2 Å². The van der Waals surface area contributed by atoms with Crippen LogP contribution in [0, 0.1) is 0 Å². The van der Waals surface area contributed by atoms with Crippen LogP contribution in [0.1, 0.15) is 32.1 Å². The summed E-state index contributed by atoms with van der Waals surface area (Å²) in [5, 5.41) is 0. The number of carbonyl (C=O) groups is 1. The molecule has 2 aromatic rings. The number of carbonyl (C=O) groups excluding carboxylic acids is 1. The highest BCUT2D eigenvalue weighted by atomic mass is 32.2. The molecule has 0 saturated carbocycles. The molecule has 0 N–H and O–H groups in total. The van der Waals surface area contributed by atoms with E-state index in [2.05, 4.69) is 4.98 Å². The number of pyridine rings is 1. The van der Waals surface area contributed by atoms with Crippen molar-refractivity contribution in [1.82, 2.24) is 9.88 Å². The molecule has 2 aliphatic rings. The largest absolute Gasteiger partial charge is 0.474 e. The molecule has 7 heteroatoms. The third-order valence-corrected chi connectivity index (χ3v) is 7.32. The van der Waals surface area contributed by atoms with Gasteiger partial charge in [-0.05, 0) is 31.0 Å². The zero-order valence-corrected chi connectivity index (χ0v) is 16.4. The van der Waals surface area contributed by atoms with Crippen molar-refractivity contribution in [3.8, 4) is 5.88 Å². The standard InChI is InChI=1S/C21H24N2O4S/c24-21(11-13-28(25,26)19-6-2-1-3-7-19)23-16-9-10-17(23)15-18(14-16)27-20-8-4-5-12-22-20/h1-8,12,16-18H,9-11,13-15H2. The van der Waals surface area contributed by atoms with Gasteiger partial charge in [0.25, 0.3) is 0 Å². The topological polar surface area (TPSA) is 76.6 Å². The summed E-state index contributed by atoms with van der Waals surface area (Å²) < 4.78 is 30.9. The first kappa shape index (κ1) is 18.9. The Kier molecular flexibility index (Phi) is 5.35. The second-order valence-electron chi connectivity index (χ2n) is 7.45. The van der Waals surface area contributed by atoms with E-state index in [9.17, 15) is 13.2 Å². The van der Waals surface area contributed by atoms with E-state index in [1.807, 2.05) is 23.1 Å². The number of ether oxygens (including phenoxy) is 1. The number of rotatable bonds is 6. The molecule has 2 aliphatic heterocycles. The van der Waals surface area contributed by atoms with Gasteiger partial charge >= 0.3 is 0 Å². The fraction of sp³-hybridized carbons (Fsp3) is 0.429. The molecule has 2 fully saturated rings. The molecule has 4 rings (SSSR count). The van der Waals surface area contributed by atoms with Crippen LogP contribution in [-0.2, 0) is 14.6 Å². The van der Waals surface area contributed by atoms with Crippen molar-refractivity contribution in [3.05, 3.63) is 54.7 Å². The lowest BCUT2D eigenvalue weighted by molar-refractivity contribution is -0.136. The molecular weight excluding hydrogens is 376 g/mol. The van der Waals surface area contributed by atoms with E-state index < -0.39 is 9.84 Å². The molecule has 0 radical (unpaired) electrons. The van der Waals surface area contributed by atoms with Gasteiger partial charge in [0.15, 0.2) is 9.84 Å². The third kappa shape index (κ3) is 4.04. The van der Waals surface area contributed by atoms with Crippen molar-refractivity contribution in [1.29, 1.82) is 0 Å². The van der Waals surface area contributed by atoms with E-state index in [-0.39, 0.29) is 41.2 Å². The van der Waals surface area contributed by atoms with Gasteiger partial charge in [-0.2, -0.15) is 0 Å². The van der Waals surface area contributed by atoms with Crippen molar-refractivity contribution in [2.75, 3.05) is 5.75 Å². The van der Waals surface area contributed by atoms with E-state index in [1.54, 1.807) is 36.5 Å². The molecule has 3 heterocycles. The average molecular weight is 401 g/mol. The Balaban J connectivity index is 1.36. The number of sulfone groups is 1. The van der Waals surface area contributed by atoms with E-state index >= 15 is 0 Å². The fourth-order valence-electron chi connectivity index (χ4n) is 4.31. The number of nitrogens with zero attached hydrogens (tertiary/aromatic N) is 2. The Hall–Kier alpha value is -2.41. The summed E-state index contributed by atoms with van der Waals surface area (Å²) in [6.45, 7) is 0. The van der Waals surface area contributed by atoms with Crippen LogP contribution in [0.5, 0.6) is 5.88 Å². The van der Waals surface area contributed by atoms with Crippen LogP contribution in [-0.4, -0.2) is 48.1 Å². The van der Waals surface area contributed by atoms with Crippen molar-refractivity contribution in [3.63, 3.8) is 0 Å². The average Bonchev–Trinajstić information content (AvgIpc) is 2.98. The van der Waals surface area contributed by atoms with Crippen LogP contribution in [0.15, 0.2) is 59.6 Å². The highest BCUT2D eigenvalue weighted by Crippen LogP contribution is 2.37.